The summed E-state index contributed by atoms with van der Waals surface area (Å²) in [6.45, 7) is 4.84. The van der Waals surface area contributed by atoms with Crippen LogP contribution in [0.5, 0.6) is 0 Å². The summed E-state index contributed by atoms with van der Waals surface area (Å²) < 4.78 is 16.1. The zero-order chi connectivity index (χ0) is 14.8. The highest BCUT2D eigenvalue weighted by molar-refractivity contribution is 6.06. The maximum atomic E-state index is 13.9. The first kappa shape index (κ1) is 13.7. The van der Waals surface area contributed by atoms with Crippen LogP contribution in [0.4, 0.5) is 4.39 Å². The fraction of sp³-hybridized carbons (Fsp3) is 0.222. The van der Waals surface area contributed by atoms with Crippen LogP contribution in [-0.4, -0.2) is 15.3 Å². The van der Waals surface area contributed by atoms with Crippen molar-refractivity contribution in [3.63, 3.8) is 0 Å². The molecule has 1 aromatic carbocycles. The van der Waals surface area contributed by atoms with E-state index in [0.29, 0.717) is 18.0 Å². The standard InChI is InChI=1S/C18H18FN2/c1-13(2)17-11-18(16-9-5-6-10-20-16)21(17)12-14-7-3-4-8-15(14)19/h3-11,13H,12H2,1-2H3/q+1. The Labute approximate surface area is 124 Å². The molecule has 2 heterocycles. The van der Waals surface area contributed by atoms with Crippen molar-refractivity contribution >= 4 is 5.71 Å². The minimum atomic E-state index is -0.159. The molecule has 0 saturated heterocycles. The van der Waals surface area contributed by atoms with Crippen molar-refractivity contribution in [2.75, 3.05) is 0 Å². The average molecular weight is 281 g/mol. The van der Waals surface area contributed by atoms with Gasteiger partial charge in [-0.3, -0.25) is 0 Å². The number of halogens is 1. The number of hydrogen-bond donors (Lipinski definition) is 0. The van der Waals surface area contributed by atoms with E-state index in [9.17, 15) is 4.39 Å². The predicted molar refractivity (Wildman–Crippen MR) is 81.6 cm³/mol. The number of allylic oxidation sites excluding steroid dienone is 2. The summed E-state index contributed by atoms with van der Waals surface area (Å²) in [7, 11) is 0. The van der Waals surface area contributed by atoms with Crippen molar-refractivity contribution in [3.05, 3.63) is 77.5 Å². The Bertz CT molecular complexity index is 715. The molecule has 2 aromatic rings. The number of benzene rings is 1. The molecule has 3 rings (SSSR count). The average Bonchev–Trinajstić information content (AvgIpc) is 2.46. The fourth-order valence-electron chi connectivity index (χ4n) is 2.55. The summed E-state index contributed by atoms with van der Waals surface area (Å²) in [5.74, 6) is 0.247. The van der Waals surface area contributed by atoms with E-state index < -0.39 is 0 Å². The molecule has 0 spiro atoms. The van der Waals surface area contributed by atoms with Crippen LogP contribution in [-0.2, 0) is 6.54 Å². The van der Waals surface area contributed by atoms with Gasteiger partial charge >= 0.3 is 0 Å². The van der Waals surface area contributed by atoms with Crippen LogP contribution in [0.2, 0.25) is 0 Å². The Morgan fingerprint density at radius 3 is 2.52 bits per heavy atom. The SMILES string of the molecule is CC(C)C1=CC(c2ccccn2)=[N+]1Cc1ccccc1F. The van der Waals surface area contributed by atoms with E-state index >= 15 is 0 Å². The number of hydrogen-bond acceptors (Lipinski definition) is 1. The third-order valence-corrected chi connectivity index (χ3v) is 3.69. The molecule has 0 fully saturated rings. The lowest BCUT2D eigenvalue weighted by Gasteiger charge is -2.19. The van der Waals surface area contributed by atoms with Gasteiger partial charge in [0.25, 0.3) is 0 Å². The summed E-state index contributed by atoms with van der Waals surface area (Å²) in [5.41, 5.74) is 3.91. The van der Waals surface area contributed by atoms with E-state index in [4.69, 9.17) is 0 Å². The van der Waals surface area contributed by atoms with E-state index in [1.807, 2.05) is 30.3 Å². The van der Waals surface area contributed by atoms with Crippen LogP contribution in [0.3, 0.4) is 0 Å². The van der Waals surface area contributed by atoms with Gasteiger partial charge in [0.2, 0.25) is 5.71 Å². The molecule has 1 aromatic heterocycles. The molecule has 0 saturated carbocycles. The molecule has 21 heavy (non-hydrogen) atoms. The molecule has 106 valence electrons. The molecule has 0 atom stereocenters. The van der Waals surface area contributed by atoms with Gasteiger partial charge in [-0.1, -0.05) is 32.0 Å². The molecule has 3 heteroatoms. The molecule has 0 amide bonds. The Morgan fingerprint density at radius 1 is 1.10 bits per heavy atom. The van der Waals surface area contributed by atoms with Gasteiger partial charge < -0.3 is 0 Å². The molecule has 2 nitrogen and oxygen atoms in total. The smallest absolute Gasteiger partial charge is 0.237 e. The van der Waals surface area contributed by atoms with Crippen molar-refractivity contribution in [1.29, 1.82) is 0 Å². The Morgan fingerprint density at radius 2 is 1.86 bits per heavy atom. The third kappa shape index (κ3) is 2.64. The van der Waals surface area contributed by atoms with E-state index in [0.717, 1.165) is 11.4 Å². The Balaban J connectivity index is 1.96. The van der Waals surface area contributed by atoms with Crippen LogP contribution in [0.25, 0.3) is 0 Å². The summed E-state index contributed by atoms with van der Waals surface area (Å²) >= 11 is 0. The van der Waals surface area contributed by atoms with Gasteiger partial charge in [-0.15, -0.1) is 0 Å². The predicted octanol–water partition coefficient (Wildman–Crippen LogP) is 3.78. The maximum Gasteiger partial charge on any atom is 0.237 e. The van der Waals surface area contributed by atoms with Crippen LogP contribution < -0.4 is 0 Å². The Kier molecular flexibility index (Phi) is 3.65. The van der Waals surface area contributed by atoms with E-state index in [-0.39, 0.29) is 5.82 Å². The van der Waals surface area contributed by atoms with E-state index in [1.165, 1.54) is 11.8 Å². The molecule has 0 bridgehead atoms. The topological polar surface area (TPSA) is 15.9 Å². The van der Waals surface area contributed by atoms with Crippen molar-refractivity contribution < 1.29 is 8.97 Å². The van der Waals surface area contributed by atoms with Gasteiger partial charge in [0, 0.05) is 12.1 Å². The number of nitrogens with zero attached hydrogens (tertiary/aromatic N) is 2. The summed E-state index contributed by atoms with van der Waals surface area (Å²) in [4.78, 5) is 4.39. The number of pyridine rings is 1. The summed E-state index contributed by atoms with van der Waals surface area (Å²) in [5, 5.41) is 0. The van der Waals surface area contributed by atoms with Gasteiger partial charge in [0.1, 0.15) is 11.5 Å². The molecular weight excluding hydrogens is 263 g/mol. The van der Waals surface area contributed by atoms with Crippen LogP contribution in [0.1, 0.15) is 25.1 Å². The zero-order valence-electron chi connectivity index (χ0n) is 12.3. The molecule has 0 aliphatic carbocycles. The summed E-state index contributed by atoms with van der Waals surface area (Å²) in [6, 6.07) is 12.8. The molecular formula is C18H18FN2+. The van der Waals surface area contributed by atoms with Crippen molar-refractivity contribution in [3.8, 4) is 0 Å². The first-order valence-electron chi connectivity index (χ1n) is 7.17. The van der Waals surface area contributed by atoms with Crippen LogP contribution in [0.15, 0.2) is 60.4 Å². The number of aromatic nitrogens is 1. The second-order valence-corrected chi connectivity index (χ2v) is 5.50. The number of rotatable bonds is 4. The first-order chi connectivity index (χ1) is 10.2. The second kappa shape index (κ2) is 5.60. The highest BCUT2D eigenvalue weighted by Crippen LogP contribution is 2.24. The molecule has 0 radical (unpaired) electrons. The van der Waals surface area contributed by atoms with Crippen molar-refractivity contribution in [1.82, 2.24) is 4.98 Å². The highest BCUT2D eigenvalue weighted by atomic mass is 19.1. The largest absolute Gasteiger partial charge is 0.250 e. The van der Waals surface area contributed by atoms with Gasteiger partial charge in [0.15, 0.2) is 12.2 Å². The third-order valence-electron chi connectivity index (χ3n) is 3.69. The quantitative estimate of drug-likeness (QED) is 0.779. The lowest BCUT2D eigenvalue weighted by molar-refractivity contribution is -0.511. The molecule has 0 unspecified atom stereocenters. The normalized spacial score (nSPS) is 14.2. The van der Waals surface area contributed by atoms with E-state index in [2.05, 4.69) is 29.5 Å². The molecule has 1 aliphatic rings. The van der Waals surface area contributed by atoms with Crippen LogP contribution in [0, 0.1) is 11.7 Å². The van der Waals surface area contributed by atoms with Gasteiger partial charge in [-0.05, 0) is 24.3 Å². The molecule has 0 N–H and O–H groups in total. The lowest BCUT2D eigenvalue weighted by atomic mass is 9.99. The monoisotopic (exact) mass is 281 g/mol. The first-order valence-corrected chi connectivity index (χ1v) is 7.17. The van der Waals surface area contributed by atoms with Gasteiger partial charge in [-0.2, -0.15) is 4.58 Å². The van der Waals surface area contributed by atoms with E-state index in [1.54, 1.807) is 12.3 Å². The minimum absolute atomic E-state index is 0.159. The summed E-state index contributed by atoms with van der Waals surface area (Å²) in [6.07, 6.45) is 3.93. The van der Waals surface area contributed by atoms with Crippen molar-refractivity contribution in [2.45, 2.75) is 20.4 Å². The van der Waals surface area contributed by atoms with Gasteiger partial charge in [-0.25, -0.2) is 9.37 Å². The van der Waals surface area contributed by atoms with Gasteiger partial charge in [0.05, 0.1) is 11.6 Å². The second-order valence-electron chi connectivity index (χ2n) is 5.50. The fourth-order valence-corrected chi connectivity index (χ4v) is 2.55. The van der Waals surface area contributed by atoms with Crippen LogP contribution >= 0.6 is 0 Å². The van der Waals surface area contributed by atoms with Crippen molar-refractivity contribution in [2.24, 2.45) is 5.92 Å². The lowest BCUT2D eigenvalue weighted by Crippen LogP contribution is -2.32. The highest BCUT2D eigenvalue weighted by Gasteiger charge is 2.33. The molecule has 1 aliphatic heterocycles. The minimum Gasteiger partial charge on any atom is -0.250 e. The Hall–Kier alpha value is -2.29. The zero-order valence-corrected chi connectivity index (χ0v) is 12.3. The maximum absolute atomic E-state index is 13.9.